The number of rotatable bonds is 9. The van der Waals surface area contributed by atoms with Gasteiger partial charge in [-0.15, -0.1) is 10.2 Å². The molecule has 5 rings (SSSR count). The standard InChI is InChI=1S/C25H21N5O4S/c31-22(27-20(24(32)33)13-16-14-26-19-10-5-4-9-18(16)19)15-35-25-29-28-23(21-11-6-12-34-21)30(25)17-7-2-1-3-8-17/h1-12,14,20,26H,13,15H2,(H,27,31)(H,32,33)/t20-/m0/s1. The highest BCUT2D eigenvalue weighted by Crippen LogP contribution is 2.28. The van der Waals surface area contributed by atoms with Crippen molar-refractivity contribution in [3.05, 3.63) is 84.8 Å². The molecular formula is C25H21N5O4S. The fourth-order valence-electron chi connectivity index (χ4n) is 3.83. The van der Waals surface area contributed by atoms with Crippen LogP contribution in [0.3, 0.4) is 0 Å². The van der Waals surface area contributed by atoms with Crippen LogP contribution in [0.2, 0.25) is 0 Å². The molecule has 5 aromatic rings. The molecule has 35 heavy (non-hydrogen) atoms. The van der Waals surface area contributed by atoms with Crippen molar-refractivity contribution in [2.75, 3.05) is 5.75 Å². The van der Waals surface area contributed by atoms with Crippen molar-refractivity contribution in [3.8, 4) is 17.3 Å². The number of hydrogen-bond donors (Lipinski definition) is 3. The number of benzene rings is 2. The summed E-state index contributed by atoms with van der Waals surface area (Å²) in [5.74, 6) is -0.486. The van der Waals surface area contributed by atoms with E-state index in [2.05, 4.69) is 20.5 Å². The van der Waals surface area contributed by atoms with Crippen LogP contribution in [0.5, 0.6) is 0 Å². The van der Waals surface area contributed by atoms with Gasteiger partial charge in [0.25, 0.3) is 0 Å². The second-order valence-corrected chi connectivity index (χ2v) is 8.71. The lowest BCUT2D eigenvalue weighted by Crippen LogP contribution is -2.43. The van der Waals surface area contributed by atoms with Crippen LogP contribution >= 0.6 is 11.8 Å². The van der Waals surface area contributed by atoms with E-state index in [9.17, 15) is 14.7 Å². The van der Waals surface area contributed by atoms with Gasteiger partial charge in [-0.3, -0.25) is 9.36 Å². The number of aliphatic carboxylic acids is 1. The predicted molar refractivity (Wildman–Crippen MR) is 131 cm³/mol. The Morgan fingerprint density at radius 2 is 1.86 bits per heavy atom. The summed E-state index contributed by atoms with van der Waals surface area (Å²) in [6, 6.07) is 19.6. The van der Waals surface area contributed by atoms with Crippen molar-refractivity contribution >= 4 is 34.5 Å². The molecule has 0 aliphatic rings. The van der Waals surface area contributed by atoms with E-state index >= 15 is 0 Å². The summed E-state index contributed by atoms with van der Waals surface area (Å²) < 4.78 is 7.30. The topological polar surface area (TPSA) is 126 Å². The molecule has 0 radical (unpaired) electrons. The Balaban J connectivity index is 1.31. The Kier molecular flexibility index (Phi) is 6.36. The Bertz CT molecular complexity index is 1460. The fraction of sp³-hybridized carbons (Fsp3) is 0.120. The quantitative estimate of drug-likeness (QED) is 0.269. The third kappa shape index (κ3) is 4.82. The van der Waals surface area contributed by atoms with E-state index in [1.54, 1.807) is 29.2 Å². The fourth-order valence-corrected chi connectivity index (χ4v) is 4.59. The maximum atomic E-state index is 12.7. The molecule has 0 saturated carbocycles. The van der Waals surface area contributed by atoms with Gasteiger partial charge >= 0.3 is 5.97 Å². The van der Waals surface area contributed by atoms with Crippen molar-refractivity contribution in [1.82, 2.24) is 25.1 Å². The smallest absolute Gasteiger partial charge is 0.326 e. The first kappa shape index (κ1) is 22.5. The highest BCUT2D eigenvalue weighted by Gasteiger charge is 2.23. The first-order valence-electron chi connectivity index (χ1n) is 10.8. The summed E-state index contributed by atoms with van der Waals surface area (Å²) in [6.07, 6.45) is 3.50. The molecule has 10 heteroatoms. The number of furan rings is 1. The number of amides is 1. The minimum Gasteiger partial charge on any atom is -0.480 e. The highest BCUT2D eigenvalue weighted by atomic mass is 32.2. The van der Waals surface area contributed by atoms with Gasteiger partial charge < -0.3 is 19.8 Å². The first-order chi connectivity index (χ1) is 17.1. The molecule has 0 bridgehead atoms. The van der Waals surface area contributed by atoms with Gasteiger partial charge in [0.1, 0.15) is 6.04 Å². The zero-order valence-corrected chi connectivity index (χ0v) is 19.2. The molecule has 0 saturated heterocycles. The number of carbonyl (C=O) groups is 2. The van der Waals surface area contributed by atoms with Crippen molar-refractivity contribution < 1.29 is 19.1 Å². The monoisotopic (exact) mass is 487 g/mol. The summed E-state index contributed by atoms with van der Waals surface area (Å²) in [7, 11) is 0. The number of para-hydroxylation sites is 2. The minimum absolute atomic E-state index is 0.0270. The van der Waals surface area contributed by atoms with Crippen LogP contribution < -0.4 is 5.32 Å². The van der Waals surface area contributed by atoms with Crippen molar-refractivity contribution in [2.24, 2.45) is 0 Å². The molecule has 9 nitrogen and oxygen atoms in total. The van der Waals surface area contributed by atoms with Crippen LogP contribution in [0.4, 0.5) is 0 Å². The Morgan fingerprint density at radius 3 is 2.63 bits per heavy atom. The number of nitrogens with zero attached hydrogens (tertiary/aromatic N) is 3. The predicted octanol–water partition coefficient (Wildman–Crippen LogP) is 3.91. The van der Waals surface area contributed by atoms with Gasteiger partial charge in [-0.2, -0.15) is 0 Å². The van der Waals surface area contributed by atoms with Crippen molar-refractivity contribution in [3.63, 3.8) is 0 Å². The molecular weight excluding hydrogens is 466 g/mol. The van der Waals surface area contributed by atoms with E-state index in [1.807, 2.05) is 54.6 Å². The summed E-state index contributed by atoms with van der Waals surface area (Å²) in [6.45, 7) is 0. The van der Waals surface area contributed by atoms with Gasteiger partial charge in [0, 0.05) is 29.2 Å². The van der Waals surface area contributed by atoms with Gasteiger partial charge in [-0.1, -0.05) is 48.2 Å². The highest BCUT2D eigenvalue weighted by molar-refractivity contribution is 7.99. The lowest BCUT2D eigenvalue weighted by atomic mass is 10.1. The summed E-state index contributed by atoms with van der Waals surface area (Å²) >= 11 is 1.17. The van der Waals surface area contributed by atoms with E-state index in [0.717, 1.165) is 22.2 Å². The molecule has 1 amide bonds. The minimum atomic E-state index is -1.10. The number of hydrogen-bond acceptors (Lipinski definition) is 6. The van der Waals surface area contributed by atoms with E-state index in [4.69, 9.17) is 4.42 Å². The normalized spacial score (nSPS) is 12.0. The maximum absolute atomic E-state index is 12.7. The molecule has 176 valence electrons. The van der Waals surface area contributed by atoms with Crippen molar-refractivity contribution in [2.45, 2.75) is 17.6 Å². The molecule has 1 atom stereocenters. The molecule has 3 N–H and O–H groups in total. The molecule has 0 aliphatic heterocycles. The number of carbonyl (C=O) groups excluding carboxylic acids is 1. The Morgan fingerprint density at radius 1 is 1.06 bits per heavy atom. The molecule has 0 fully saturated rings. The molecule has 0 spiro atoms. The number of aromatic nitrogens is 4. The molecule has 0 aliphatic carbocycles. The van der Waals surface area contributed by atoms with Gasteiger partial charge in [-0.05, 0) is 35.9 Å². The van der Waals surface area contributed by atoms with Gasteiger partial charge in [0.2, 0.25) is 11.7 Å². The van der Waals surface area contributed by atoms with Gasteiger partial charge in [0.15, 0.2) is 10.9 Å². The van der Waals surface area contributed by atoms with E-state index in [0.29, 0.717) is 16.7 Å². The van der Waals surface area contributed by atoms with Crippen LogP contribution in [-0.2, 0) is 16.0 Å². The van der Waals surface area contributed by atoms with Crippen LogP contribution in [0, 0.1) is 0 Å². The van der Waals surface area contributed by atoms with Crippen LogP contribution in [0.25, 0.3) is 28.2 Å². The zero-order chi connectivity index (χ0) is 24.2. The number of H-pyrrole nitrogens is 1. The lowest BCUT2D eigenvalue weighted by molar-refractivity contribution is -0.141. The third-order valence-corrected chi connectivity index (χ3v) is 6.38. The summed E-state index contributed by atoms with van der Waals surface area (Å²) in [5.41, 5.74) is 2.56. The van der Waals surface area contributed by atoms with Crippen LogP contribution in [-0.4, -0.2) is 48.5 Å². The number of thioether (sulfide) groups is 1. The molecule has 2 aromatic carbocycles. The Labute approximate surface area is 204 Å². The van der Waals surface area contributed by atoms with E-state index < -0.39 is 17.9 Å². The zero-order valence-electron chi connectivity index (χ0n) is 18.4. The second-order valence-electron chi connectivity index (χ2n) is 7.77. The average molecular weight is 488 g/mol. The number of aromatic amines is 1. The number of carboxylic acids is 1. The maximum Gasteiger partial charge on any atom is 0.326 e. The van der Waals surface area contributed by atoms with Crippen LogP contribution in [0.15, 0.2) is 88.8 Å². The van der Waals surface area contributed by atoms with E-state index in [-0.39, 0.29) is 12.2 Å². The van der Waals surface area contributed by atoms with Gasteiger partial charge in [-0.25, -0.2) is 4.79 Å². The number of carboxylic acid groups (broad SMARTS) is 1. The molecule has 3 heterocycles. The first-order valence-corrected chi connectivity index (χ1v) is 11.8. The largest absolute Gasteiger partial charge is 0.480 e. The number of nitrogens with one attached hydrogen (secondary N) is 2. The van der Waals surface area contributed by atoms with Gasteiger partial charge in [0.05, 0.1) is 12.0 Å². The average Bonchev–Trinajstić information content (AvgIpc) is 3.63. The third-order valence-electron chi connectivity index (χ3n) is 5.45. The second kappa shape index (κ2) is 9.90. The van der Waals surface area contributed by atoms with E-state index in [1.165, 1.54) is 11.8 Å². The van der Waals surface area contributed by atoms with Crippen molar-refractivity contribution in [1.29, 1.82) is 0 Å². The lowest BCUT2D eigenvalue weighted by Gasteiger charge is -2.14. The summed E-state index contributed by atoms with van der Waals surface area (Å²) in [5, 5.41) is 22.3. The summed E-state index contributed by atoms with van der Waals surface area (Å²) in [4.78, 5) is 27.7. The van der Waals surface area contributed by atoms with Crippen LogP contribution in [0.1, 0.15) is 5.56 Å². The number of fused-ring (bicyclic) bond motifs is 1. The molecule has 3 aromatic heterocycles. The SMILES string of the molecule is O=C(CSc1nnc(-c2ccco2)n1-c1ccccc1)N[C@@H](Cc1c[nH]c2ccccc12)C(=O)O. The Hall–Kier alpha value is -4.31. The molecule has 0 unspecified atom stereocenters.